The molecule has 0 bridgehead atoms. The molecular weight excluding hydrogens is 358 g/mol. The first-order valence-corrected chi connectivity index (χ1v) is 10.5. The molecule has 0 radical (unpaired) electrons. The summed E-state index contributed by atoms with van der Waals surface area (Å²) in [5, 5.41) is 3.35. The fourth-order valence-corrected chi connectivity index (χ4v) is 4.45. The molecule has 1 aliphatic heterocycles. The summed E-state index contributed by atoms with van der Waals surface area (Å²) in [5.41, 5.74) is 3.85. The summed E-state index contributed by atoms with van der Waals surface area (Å²) in [6, 6.07) is 8.12. The number of ether oxygens (including phenoxy) is 1. The first kappa shape index (κ1) is 19.7. The molecule has 1 heterocycles. The van der Waals surface area contributed by atoms with Crippen LogP contribution in [0.5, 0.6) is 0 Å². The lowest BCUT2D eigenvalue weighted by molar-refractivity contribution is -0.138. The quantitative estimate of drug-likeness (QED) is 0.607. The highest BCUT2D eigenvalue weighted by atomic mass is 32.2. The van der Waals surface area contributed by atoms with Crippen molar-refractivity contribution in [1.29, 1.82) is 0 Å². The Morgan fingerprint density at radius 3 is 2.52 bits per heavy atom. The van der Waals surface area contributed by atoms with Crippen LogP contribution in [0.25, 0.3) is 0 Å². The summed E-state index contributed by atoms with van der Waals surface area (Å²) in [7, 11) is 0. The molecule has 1 N–H and O–H groups in total. The van der Waals surface area contributed by atoms with E-state index in [2.05, 4.69) is 19.2 Å². The summed E-state index contributed by atoms with van der Waals surface area (Å²) < 4.78 is 5.33. The number of carbonyl (C=O) groups excluding carboxylic acids is 2. The Morgan fingerprint density at radius 2 is 1.93 bits per heavy atom. The molecule has 1 aromatic carbocycles. The third-order valence-corrected chi connectivity index (χ3v) is 5.93. The van der Waals surface area contributed by atoms with Gasteiger partial charge in [0.15, 0.2) is 5.78 Å². The molecule has 2 aliphatic rings. The maximum absolute atomic E-state index is 13.1. The minimum atomic E-state index is -0.375. The number of nitrogens with one attached hydrogen (secondary N) is 1. The smallest absolute Gasteiger partial charge is 0.336 e. The molecule has 1 atom stereocenters. The van der Waals surface area contributed by atoms with Gasteiger partial charge in [0, 0.05) is 34.2 Å². The fourth-order valence-electron chi connectivity index (χ4n) is 4.05. The van der Waals surface area contributed by atoms with E-state index in [9.17, 15) is 9.59 Å². The minimum absolute atomic E-state index is 0.0854. The van der Waals surface area contributed by atoms with E-state index < -0.39 is 0 Å². The molecule has 0 amide bonds. The van der Waals surface area contributed by atoms with E-state index in [0.29, 0.717) is 18.6 Å². The average Bonchev–Trinajstić information content (AvgIpc) is 2.59. The molecule has 0 spiro atoms. The number of dihydropyridines is 1. The van der Waals surface area contributed by atoms with Crippen molar-refractivity contribution in [2.75, 3.05) is 12.9 Å². The molecule has 0 saturated carbocycles. The summed E-state index contributed by atoms with van der Waals surface area (Å²) in [5.74, 6) is -0.618. The number of thioether (sulfide) groups is 1. The summed E-state index contributed by atoms with van der Waals surface area (Å²) in [4.78, 5) is 27.0. The lowest BCUT2D eigenvalue weighted by Crippen LogP contribution is -2.38. The molecule has 0 aromatic heterocycles. The Balaban J connectivity index is 2.15. The highest BCUT2D eigenvalue weighted by Crippen LogP contribution is 2.46. The van der Waals surface area contributed by atoms with Gasteiger partial charge in [0.25, 0.3) is 0 Å². The normalized spacial score (nSPS) is 21.7. The van der Waals surface area contributed by atoms with Crippen LogP contribution in [0.2, 0.25) is 0 Å². The molecule has 0 saturated heterocycles. The zero-order valence-corrected chi connectivity index (χ0v) is 17.5. The largest absolute Gasteiger partial charge is 0.463 e. The van der Waals surface area contributed by atoms with E-state index in [-0.39, 0.29) is 23.1 Å². The molecule has 144 valence electrons. The van der Waals surface area contributed by atoms with Gasteiger partial charge in [-0.15, -0.1) is 11.8 Å². The monoisotopic (exact) mass is 385 g/mol. The van der Waals surface area contributed by atoms with E-state index in [0.717, 1.165) is 33.8 Å². The fraction of sp³-hybridized carbons (Fsp3) is 0.455. The van der Waals surface area contributed by atoms with Crippen molar-refractivity contribution in [3.8, 4) is 0 Å². The van der Waals surface area contributed by atoms with Gasteiger partial charge in [0.1, 0.15) is 0 Å². The number of Topliss-reactive ketones (excluding diaryl/α,β-unsaturated/α-hetero) is 1. The van der Waals surface area contributed by atoms with Gasteiger partial charge in [-0.05, 0) is 49.6 Å². The predicted octanol–water partition coefficient (Wildman–Crippen LogP) is 4.58. The second kappa shape index (κ2) is 7.55. The van der Waals surface area contributed by atoms with Crippen LogP contribution in [0.15, 0.2) is 51.7 Å². The number of rotatable bonds is 4. The third-order valence-electron chi connectivity index (χ3n) is 5.18. The van der Waals surface area contributed by atoms with Crippen LogP contribution in [-0.2, 0) is 14.3 Å². The van der Waals surface area contributed by atoms with Crippen LogP contribution in [-0.4, -0.2) is 24.6 Å². The standard InChI is InChI=1S/C22H27NO3S/c1-6-26-21(25)18-13(2)23-16-11-22(3,4)12-17(24)20(16)19(18)14-7-9-15(27-5)10-8-14/h7-10,19,23H,6,11-12H2,1-5H3/t19-/m1/s1. The van der Waals surface area contributed by atoms with Crippen LogP contribution in [0.3, 0.4) is 0 Å². The first-order valence-electron chi connectivity index (χ1n) is 9.32. The Hall–Kier alpha value is -2.01. The summed E-state index contributed by atoms with van der Waals surface area (Å²) in [6.45, 7) is 8.22. The number of esters is 1. The van der Waals surface area contributed by atoms with E-state index in [1.54, 1.807) is 18.7 Å². The van der Waals surface area contributed by atoms with E-state index in [1.807, 2.05) is 37.4 Å². The number of allylic oxidation sites excluding steroid dienone is 3. The van der Waals surface area contributed by atoms with Gasteiger partial charge >= 0.3 is 5.97 Å². The number of benzene rings is 1. The molecule has 1 aromatic rings. The molecule has 0 fully saturated rings. The number of ketones is 1. The number of hydrogen-bond acceptors (Lipinski definition) is 5. The van der Waals surface area contributed by atoms with Gasteiger partial charge in [-0.2, -0.15) is 0 Å². The van der Waals surface area contributed by atoms with Crippen molar-refractivity contribution in [2.45, 2.75) is 51.3 Å². The second-order valence-corrected chi connectivity index (χ2v) is 8.80. The molecule has 3 rings (SSSR count). The van der Waals surface area contributed by atoms with E-state index in [1.165, 1.54) is 0 Å². The highest BCUT2D eigenvalue weighted by Gasteiger charge is 2.43. The van der Waals surface area contributed by atoms with Gasteiger partial charge < -0.3 is 10.1 Å². The molecular formula is C22H27NO3S. The second-order valence-electron chi connectivity index (χ2n) is 7.92. The van der Waals surface area contributed by atoms with Crippen molar-refractivity contribution in [3.63, 3.8) is 0 Å². The summed E-state index contributed by atoms with van der Waals surface area (Å²) >= 11 is 1.67. The molecule has 0 unspecified atom stereocenters. The van der Waals surface area contributed by atoms with Crippen LogP contribution in [0.4, 0.5) is 0 Å². The molecule has 27 heavy (non-hydrogen) atoms. The van der Waals surface area contributed by atoms with Crippen molar-refractivity contribution >= 4 is 23.5 Å². The minimum Gasteiger partial charge on any atom is -0.463 e. The van der Waals surface area contributed by atoms with Crippen LogP contribution < -0.4 is 5.32 Å². The summed E-state index contributed by atoms with van der Waals surface area (Å²) in [6.07, 6.45) is 3.31. The first-order chi connectivity index (χ1) is 12.8. The van der Waals surface area contributed by atoms with Crippen LogP contribution >= 0.6 is 11.8 Å². The SMILES string of the molecule is CCOC(=O)C1=C(C)NC2=C(C(=O)CC(C)(C)C2)[C@@H]1c1ccc(SC)cc1. The Morgan fingerprint density at radius 1 is 1.26 bits per heavy atom. The number of hydrogen-bond donors (Lipinski definition) is 1. The lowest BCUT2D eigenvalue weighted by atomic mass is 9.68. The highest BCUT2D eigenvalue weighted by molar-refractivity contribution is 7.98. The maximum Gasteiger partial charge on any atom is 0.336 e. The Bertz CT molecular complexity index is 834. The topological polar surface area (TPSA) is 55.4 Å². The van der Waals surface area contributed by atoms with Crippen LogP contribution in [0.1, 0.15) is 52.0 Å². The van der Waals surface area contributed by atoms with Gasteiger partial charge in [-0.25, -0.2) is 4.79 Å². The number of carbonyl (C=O) groups is 2. The van der Waals surface area contributed by atoms with Crippen LogP contribution in [0, 0.1) is 5.41 Å². The average molecular weight is 386 g/mol. The zero-order valence-electron chi connectivity index (χ0n) is 16.6. The predicted molar refractivity (Wildman–Crippen MR) is 108 cm³/mol. The van der Waals surface area contributed by atoms with Gasteiger partial charge in [-0.1, -0.05) is 26.0 Å². The molecule has 5 heteroatoms. The van der Waals surface area contributed by atoms with E-state index >= 15 is 0 Å². The van der Waals surface area contributed by atoms with Gasteiger partial charge in [-0.3, -0.25) is 4.79 Å². The van der Waals surface area contributed by atoms with Gasteiger partial charge in [0.2, 0.25) is 0 Å². The van der Waals surface area contributed by atoms with Crippen molar-refractivity contribution in [3.05, 3.63) is 52.4 Å². The van der Waals surface area contributed by atoms with Gasteiger partial charge in [0.05, 0.1) is 12.2 Å². The van der Waals surface area contributed by atoms with E-state index in [4.69, 9.17) is 4.74 Å². The molecule has 1 aliphatic carbocycles. The zero-order chi connectivity index (χ0) is 19.8. The third kappa shape index (κ3) is 3.84. The van der Waals surface area contributed by atoms with Crippen molar-refractivity contribution in [2.24, 2.45) is 5.41 Å². The lowest BCUT2D eigenvalue weighted by Gasteiger charge is -2.39. The Kier molecular flexibility index (Phi) is 5.52. The Labute approximate surface area is 165 Å². The maximum atomic E-state index is 13.1. The van der Waals surface area contributed by atoms with Crippen molar-refractivity contribution in [1.82, 2.24) is 5.32 Å². The molecule has 4 nitrogen and oxygen atoms in total. The van der Waals surface area contributed by atoms with Crippen molar-refractivity contribution < 1.29 is 14.3 Å².